The van der Waals surface area contributed by atoms with E-state index in [9.17, 15) is 0 Å². The van der Waals surface area contributed by atoms with Crippen LogP contribution in [0.15, 0.2) is 48.1 Å². The van der Waals surface area contributed by atoms with Crippen LogP contribution in [0.2, 0.25) is 0 Å². The Hall–Kier alpha value is -1.98. The first-order valence-corrected chi connectivity index (χ1v) is 7.82. The number of benzene rings is 1. The van der Waals surface area contributed by atoms with Gasteiger partial charge in [-0.3, -0.25) is 0 Å². The zero-order chi connectivity index (χ0) is 14.7. The molecule has 1 atom stereocenters. The molecule has 4 nitrogen and oxygen atoms in total. The van der Waals surface area contributed by atoms with Gasteiger partial charge in [-0.2, -0.15) is 0 Å². The minimum absolute atomic E-state index is 0.180. The number of aromatic nitrogens is 3. The molecule has 3 rings (SSSR count). The van der Waals surface area contributed by atoms with Crippen LogP contribution in [0.1, 0.15) is 23.7 Å². The number of hydrogen-bond acceptors (Lipinski definition) is 4. The molecule has 21 heavy (non-hydrogen) atoms. The lowest BCUT2D eigenvalue weighted by Gasteiger charge is -2.11. The predicted octanol–water partition coefficient (Wildman–Crippen LogP) is 3.39. The molecule has 1 aromatic carbocycles. The molecule has 0 saturated carbocycles. The monoisotopic (exact) mass is 298 g/mol. The van der Waals surface area contributed by atoms with Gasteiger partial charge in [-0.15, -0.1) is 21.5 Å². The second-order valence-electron chi connectivity index (χ2n) is 5.07. The summed E-state index contributed by atoms with van der Waals surface area (Å²) in [6, 6.07) is 12.9. The Bertz CT molecular complexity index is 702. The molecule has 0 saturated heterocycles. The second-order valence-corrected chi connectivity index (χ2v) is 6.07. The Labute approximate surface area is 128 Å². The maximum atomic E-state index is 4.13. The van der Waals surface area contributed by atoms with Gasteiger partial charge in [0.25, 0.3) is 0 Å². The lowest BCUT2D eigenvalue weighted by Crippen LogP contribution is -2.20. The molecule has 0 fully saturated rings. The highest BCUT2D eigenvalue weighted by molar-refractivity contribution is 7.10. The van der Waals surface area contributed by atoms with Crippen molar-refractivity contribution in [2.75, 3.05) is 0 Å². The molecule has 0 amide bonds. The van der Waals surface area contributed by atoms with Crippen molar-refractivity contribution in [3.63, 3.8) is 0 Å². The van der Waals surface area contributed by atoms with Gasteiger partial charge < -0.3 is 9.88 Å². The van der Waals surface area contributed by atoms with E-state index < -0.39 is 0 Å². The molecule has 2 aromatic heterocycles. The van der Waals surface area contributed by atoms with Gasteiger partial charge in [0.1, 0.15) is 12.2 Å². The van der Waals surface area contributed by atoms with Crippen molar-refractivity contribution >= 4 is 11.3 Å². The zero-order valence-corrected chi connectivity index (χ0v) is 13.0. The molecule has 1 N–H and O–H groups in total. The first-order chi connectivity index (χ1) is 10.2. The predicted molar refractivity (Wildman–Crippen MR) is 86.0 cm³/mol. The van der Waals surface area contributed by atoms with Crippen LogP contribution in [-0.4, -0.2) is 14.8 Å². The Morgan fingerprint density at radius 1 is 1.24 bits per heavy atom. The number of rotatable bonds is 5. The molecular weight excluding hydrogens is 280 g/mol. The standard InChI is InChI=1S/C16H18N4S/c1-12(16-19-18-11-20(16)2)17-9-15-8-14(10-21-15)13-6-4-3-5-7-13/h3-8,10-12,17H,9H2,1-2H3. The van der Waals surface area contributed by atoms with Gasteiger partial charge in [-0.1, -0.05) is 30.3 Å². The third kappa shape index (κ3) is 3.20. The van der Waals surface area contributed by atoms with Crippen LogP contribution in [-0.2, 0) is 13.6 Å². The van der Waals surface area contributed by atoms with Crippen LogP contribution < -0.4 is 5.32 Å². The van der Waals surface area contributed by atoms with Crippen molar-refractivity contribution in [2.45, 2.75) is 19.5 Å². The average Bonchev–Trinajstić information content (AvgIpc) is 3.15. The lowest BCUT2D eigenvalue weighted by molar-refractivity contribution is 0.531. The van der Waals surface area contributed by atoms with E-state index in [0.29, 0.717) is 0 Å². The molecule has 0 aliphatic carbocycles. The zero-order valence-electron chi connectivity index (χ0n) is 12.2. The van der Waals surface area contributed by atoms with Crippen LogP contribution in [0.3, 0.4) is 0 Å². The van der Waals surface area contributed by atoms with Crippen LogP contribution in [0.25, 0.3) is 11.1 Å². The van der Waals surface area contributed by atoms with E-state index in [1.165, 1.54) is 16.0 Å². The summed E-state index contributed by atoms with van der Waals surface area (Å²) in [5.41, 5.74) is 2.55. The van der Waals surface area contributed by atoms with Gasteiger partial charge in [0.2, 0.25) is 0 Å². The average molecular weight is 298 g/mol. The molecule has 108 valence electrons. The largest absolute Gasteiger partial charge is 0.319 e. The molecule has 3 aromatic rings. The highest BCUT2D eigenvalue weighted by atomic mass is 32.1. The third-order valence-corrected chi connectivity index (χ3v) is 4.41. The van der Waals surface area contributed by atoms with E-state index in [-0.39, 0.29) is 6.04 Å². The second kappa shape index (κ2) is 6.20. The summed E-state index contributed by atoms with van der Waals surface area (Å²) < 4.78 is 1.95. The molecule has 1 unspecified atom stereocenters. The summed E-state index contributed by atoms with van der Waals surface area (Å²) in [6.45, 7) is 2.95. The van der Waals surface area contributed by atoms with Crippen molar-refractivity contribution < 1.29 is 0 Å². The van der Waals surface area contributed by atoms with Crippen molar-refractivity contribution in [1.82, 2.24) is 20.1 Å². The summed E-state index contributed by atoms with van der Waals surface area (Å²) in [6.07, 6.45) is 1.73. The van der Waals surface area contributed by atoms with Gasteiger partial charge in [-0.05, 0) is 29.5 Å². The lowest BCUT2D eigenvalue weighted by atomic mass is 10.1. The fourth-order valence-electron chi connectivity index (χ4n) is 2.28. The minimum Gasteiger partial charge on any atom is -0.319 e. The molecule has 2 heterocycles. The van der Waals surface area contributed by atoms with Gasteiger partial charge in [0.05, 0.1) is 6.04 Å². The summed E-state index contributed by atoms with van der Waals surface area (Å²) >= 11 is 1.78. The highest BCUT2D eigenvalue weighted by Crippen LogP contribution is 2.25. The summed E-state index contributed by atoms with van der Waals surface area (Å²) in [5, 5.41) is 13.8. The minimum atomic E-state index is 0.180. The van der Waals surface area contributed by atoms with E-state index in [1.54, 1.807) is 17.7 Å². The Kier molecular flexibility index (Phi) is 4.13. The molecule has 0 spiro atoms. The summed E-state index contributed by atoms with van der Waals surface area (Å²) in [4.78, 5) is 1.32. The van der Waals surface area contributed by atoms with Crippen molar-refractivity contribution in [1.29, 1.82) is 0 Å². The topological polar surface area (TPSA) is 42.7 Å². The molecule has 0 radical (unpaired) electrons. The molecule has 0 aliphatic rings. The van der Waals surface area contributed by atoms with Crippen molar-refractivity contribution in [3.8, 4) is 11.1 Å². The van der Waals surface area contributed by atoms with Gasteiger partial charge in [-0.25, -0.2) is 0 Å². The molecular formula is C16H18N4S. The molecule has 5 heteroatoms. The number of hydrogen-bond donors (Lipinski definition) is 1. The maximum Gasteiger partial charge on any atom is 0.149 e. The van der Waals surface area contributed by atoms with Gasteiger partial charge in [0, 0.05) is 18.5 Å². The van der Waals surface area contributed by atoms with E-state index in [2.05, 4.69) is 58.1 Å². The fourth-order valence-corrected chi connectivity index (χ4v) is 3.13. The number of nitrogens with one attached hydrogen (secondary N) is 1. The summed E-state index contributed by atoms with van der Waals surface area (Å²) in [5.74, 6) is 0.954. The first-order valence-electron chi connectivity index (χ1n) is 6.94. The SMILES string of the molecule is CC(NCc1cc(-c2ccccc2)cs1)c1nncn1C. The third-order valence-electron chi connectivity index (χ3n) is 3.48. The quantitative estimate of drug-likeness (QED) is 0.785. The summed E-state index contributed by atoms with van der Waals surface area (Å²) in [7, 11) is 1.96. The van der Waals surface area contributed by atoms with E-state index in [0.717, 1.165) is 12.4 Å². The Balaban J connectivity index is 1.64. The normalized spacial score (nSPS) is 12.5. The van der Waals surface area contributed by atoms with Crippen LogP contribution in [0.5, 0.6) is 0 Å². The number of aryl methyl sites for hydroxylation is 1. The van der Waals surface area contributed by atoms with E-state index in [4.69, 9.17) is 0 Å². The van der Waals surface area contributed by atoms with Crippen LogP contribution >= 0.6 is 11.3 Å². The maximum absolute atomic E-state index is 4.13. The van der Waals surface area contributed by atoms with Crippen LogP contribution in [0, 0.1) is 0 Å². The van der Waals surface area contributed by atoms with Crippen LogP contribution in [0.4, 0.5) is 0 Å². The van der Waals surface area contributed by atoms with E-state index in [1.807, 2.05) is 17.7 Å². The fraction of sp³-hybridized carbons (Fsp3) is 0.250. The first kappa shape index (κ1) is 14.0. The van der Waals surface area contributed by atoms with E-state index >= 15 is 0 Å². The molecule has 0 bridgehead atoms. The smallest absolute Gasteiger partial charge is 0.149 e. The Morgan fingerprint density at radius 3 is 2.76 bits per heavy atom. The Morgan fingerprint density at radius 2 is 2.05 bits per heavy atom. The van der Waals surface area contributed by atoms with Gasteiger partial charge in [0.15, 0.2) is 0 Å². The van der Waals surface area contributed by atoms with Crippen molar-refractivity contribution in [2.24, 2.45) is 7.05 Å². The number of nitrogens with zero attached hydrogens (tertiary/aromatic N) is 3. The number of thiophene rings is 1. The highest BCUT2D eigenvalue weighted by Gasteiger charge is 2.11. The molecule has 0 aliphatic heterocycles. The van der Waals surface area contributed by atoms with Crippen molar-refractivity contribution in [3.05, 3.63) is 58.8 Å². The van der Waals surface area contributed by atoms with Gasteiger partial charge >= 0.3 is 0 Å².